The highest BCUT2D eigenvalue weighted by atomic mass is 32.2. The topological polar surface area (TPSA) is 34.1 Å². The zero-order chi connectivity index (χ0) is 8.20. The van der Waals surface area contributed by atoms with E-state index in [1.54, 1.807) is 6.92 Å². The lowest BCUT2D eigenvalue weighted by molar-refractivity contribution is 0.565. The molecular weight excluding hydrogens is 148 g/mol. The lowest BCUT2D eigenvalue weighted by Crippen LogP contribution is -2.14. The molecule has 0 aliphatic heterocycles. The Kier molecular flexibility index (Phi) is 3.94. The Bertz CT molecular complexity index is 170. The van der Waals surface area contributed by atoms with Gasteiger partial charge >= 0.3 is 0 Å². The molecule has 0 saturated heterocycles. The summed E-state index contributed by atoms with van der Waals surface area (Å²) in [7, 11) is -2.73. The average Bonchev–Trinajstić information content (AvgIpc) is 1.87. The first-order valence-corrected chi connectivity index (χ1v) is 5.54. The number of sulfone groups is 1. The van der Waals surface area contributed by atoms with Crippen molar-refractivity contribution in [1.82, 2.24) is 0 Å². The van der Waals surface area contributed by atoms with Gasteiger partial charge in [-0.2, -0.15) is 0 Å². The summed E-state index contributed by atoms with van der Waals surface area (Å²) in [4.78, 5) is 0. The molecule has 2 nitrogen and oxygen atoms in total. The van der Waals surface area contributed by atoms with Crippen LogP contribution in [0.1, 0.15) is 27.2 Å². The van der Waals surface area contributed by atoms with E-state index in [1.165, 1.54) is 0 Å². The van der Waals surface area contributed by atoms with Crippen LogP contribution in [0.15, 0.2) is 0 Å². The van der Waals surface area contributed by atoms with Gasteiger partial charge in [0.25, 0.3) is 0 Å². The third-order valence-electron chi connectivity index (χ3n) is 1.68. The summed E-state index contributed by atoms with van der Waals surface area (Å²) >= 11 is 0. The second kappa shape index (κ2) is 3.96. The number of hydrogen-bond donors (Lipinski definition) is 0. The molecular formula is C7H16O2S. The molecule has 0 fully saturated rings. The third kappa shape index (κ3) is 3.88. The second-order valence-electron chi connectivity index (χ2n) is 2.71. The Morgan fingerprint density at radius 2 is 1.80 bits per heavy atom. The molecule has 3 heteroatoms. The normalized spacial score (nSPS) is 15.1. The standard InChI is InChI=1S/C7H16O2S/c1-4-7(3)6-10(8,9)5-2/h7H,4-6H2,1-3H3/t7-/m0/s1. The highest BCUT2D eigenvalue weighted by Crippen LogP contribution is 2.04. The zero-order valence-corrected chi connectivity index (χ0v) is 7.74. The van der Waals surface area contributed by atoms with Crippen LogP contribution in [0.4, 0.5) is 0 Å². The van der Waals surface area contributed by atoms with Crippen LogP contribution in [0.3, 0.4) is 0 Å². The predicted molar refractivity (Wildman–Crippen MR) is 43.8 cm³/mol. The molecule has 0 aliphatic rings. The van der Waals surface area contributed by atoms with E-state index < -0.39 is 9.84 Å². The van der Waals surface area contributed by atoms with Gasteiger partial charge in [-0.05, 0) is 5.92 Å². The Labute approximate surface area is 63.6 Å². The third-order valence-corrected chi connectivity index (χ3v) is 3.63. The maximum Gasteiger partial charge on any atom is 0.150 e. The molecule has 0 radical (unpaired) electrons. The van der Waals surface area contributed by atoms with Crippen LogP contribution < -0.4 is 0 Å². The lowest BCUT2D eigenvalue weighted by Gasteiger charge is -2.06. The largest absolute Gasteiger partial charge is 0.229 e. The molecule has 0 amide bonds. The van der Waals surface area contributed by atoms with Gasteiger partial charge in [-0.1, -0.05) is 27.2 Å². The Morgan fingerprint density at radius 3 is 2.10 bits per heavy atom. The van der Waals surface area contributed by atoms with Gasteiger partial charge in [0.1, 0.15) is 9.84 Å². The van der Waals surface area contributed by atoms with Gasteiger partial charge in [-0.3, -0.25) is 0 Å². The SMILES string of the molecule is CC[C@H](C)CS(=O)(=O)CC. The van der Waals surface area contributed by atoms with Crippen LogP contribution in [0, 0.1) is 5.92 Å². The first kappa shape index (κ1) is 9.95. The fourth-order valence-electron chi connectivity index (χ4n) is 0.669. The summed E-state index contributed by atoms with van der Waals surface area (Å²) in [5, 5.41) is 0. The van der Waals surface area contributed by atoms with Crippen LogP contribution in [-0.2, 0) is 9.84 Å². The van der Waals surface area contributed by atoms with Crippen LogP contribution in [-0.4, -0.2) is 19.9 Å². The Hall–Kier alpha value is -0.0500. The van der Waals surface area contributed by atoms with Crippen molar-refractivity contribution >= 4 is 9.84 Å². The summed E-state index contributed by atoms with van der Waals surface area (Å²) in [6.07, 6.45) is 0.944. The summed E-state index contributed by atoms with van der Waals surface area (Å²) < 4.78 is 21.9. The quantitative estimate of drug-likeness (QED) is 0.630. The minimum absolute atomic E-state index is 0.275. The molecule has 10 heavy (non-hydrogen) atoms. The van der Waals surface area contributed by atoms with Crippen molar-refractivity contribution in [2.45, 2.75) is 27.2 Å². The van der Waals surface area contributed by atoms with E-state index in [2.05, 4.69) is 0 Å². The fourth-order valence-corrected chi connectivity index (χ4v) is 2.01. The van der Waals surface area contributed by atoms with Gasteiger partial charge < -0.3 is 0 Å². The molecule has 1 atom stereocenters. The molecule has 0 aromatic heterocycles. The van der Waals surface area contributed by atoms with E-state index >= 15 is 0 Å². The highest BCUT2D eigenvalue weighted by molar-refractivity contribution is 7.91. The van der Waals surface area contributed by atoms with E-state index in [0.29, 0.717) is 11.7 Å². The van der Waals surface area contributed by atoms with Gasteiger partial charge in [0, 0.05) is 5.75 Å². The second-order valence-corrected chi connectivity index (χ2v) is 5.11. The molecule has 0 aliphatic carbocycles. The first-order valence-electron chi connectivity index (χ1n) is 3.72. The highest BCUT2D eigenvalue weighted by Gasteiger charge is 2.11. The molecule has 0 saturated carbocycles. The summed E-state index contributed by atoms with van der Waals surface area (Å²) in [5.74, 6) is 0.932. The van der Waals surface area contributed by atoms with E-state index in [1.807, 2.05) is 13.8 Å². The molecule has 0 unspecified atom stereocenters. The van der Waals surface area contributed by atoms with E-state index in [0.717, 1.165) is 6.42 Å². The van der Waals surface area contributed by atoms with Gasteiger partial charge in [0.2, 0.25) is 0 Å². The molecule has 62 valence electrons. The molecule has 0 heterocycles. The maximum absolute atomic E-state index is 11.0. The summed E-state index contributed by atoms with van der Waals surface area (Å²) in [6, 6.07) is 0. The van der Waals surface area contributed by atoms with Crippen molar-refractivity contribution in [2.24, 2.45) is 5.92 Å². The predicted octanol–water partition coefficient (Wildman–Crippen LogP) is 1.47. The Balaban J connectivity index is 3.90. The van der Waals surface area contributed by atoms with Crippen molar-refractivity contribution in [3.63, 3.8) is 0 Å². The van der Waals surface area contributed by atoms with Gasteiger partial charge in [0.15, 0.2) is 0 Å². The van der Waals surface area contributed by atoms with Gasteiger partial charge in [0.05, 0.1) is 5.75 Å². The van der Waals surface area contributed by atoms with Crippen molar-refractivity contribution < 1.29 is 8.42 Å². The lowest BCUT2D eigenvalue weighted by atomic mass is 10.2. The minimum Gasteiger partial charge on any atom is -0.229 e. The van der Waals surface area contributed by atoms with Crippen LogP contribution in [0.25, 0.3) is 0 Å². The zero-order valence-electron chi connectivity index (χ0n) is 6.92. The van der Waals surface area contributed by atoms with Crippen LogP contribution >= 0.6 is 0 Å². The smallest absolute Gasteiger partial charge is 0.150 e. The van der Waals surface area contributed by atoms with Crippen molar-refractivity contribution in [3.05, 3.63) is 0 Å². The minimum atomic E-state index is -2.73. The first-order chi connectivity index (χ1) is 4.52. The molecule has 0 aromatic carbocycles. The summed E-state index contributed by atoms with van der Waals surface area (Å²) in [6.45, 7) is 5.67. The molecule has 0 aromatic rings. The Morgan fingerprint density at radius 1 is 1.30 bits per heavy atom. The number of rotatable bonds is 4. The molecule has 0 bridgehead atoms. The fraction of sp³-hybridized carbons (Fsp3) is 1.00. The van der Waals surface area contributed by atoms with Crippen LogP contribution in [0.5, 0.6) is 0 Å². The van der Waals surface area contributed by atoms with Crippen molar-refractivity contribution in [2.75, 3.05) is 11.5 Å². The van der Waals surface area contributed by atoms with Crippen molar-refractivity contribution in [1.29, 1.82) is 0 Å². The average molecular weight is 164 g/mol. The molecule has 0 rings (SSSR count). The van der Waals surface area contributed by atoms with E-state index in [9.17, 15) is 8.42 Å². The maximum atomic E-state index is 11.0. The van der Waals surface area contributed by atoms with E-state index in [-0.39, 0.29) is 5.75 Å². The monoisotopic (exact) mass is 164 g/mol. The van der Waals surface area contributed by atoms with E-state index in [4.69, 9.17) is 0 Å². The van der Waals surface area contributed by atoms with Crippen LogP contribution in [0.2, 0.25) is 0 Å². The van der Waals surface area contributed by atoms with Gasteiger partial charge in [-0.15, -0.1) is 0 Å². The number of hydrogen-bond acceptors (Lipinski definition) is 2. The van der Waals surface area contributed by atoms with Crippen molar-refractivity contribution in [3.8, 4) is 0 Å². The molecule has 0 spiro atoms. The van der Waals surface area contributed by atoms with Gasteiger partial charge in [-0.25, -0.2) is 8.42 Å². The summed E-state index contributed by atoms with van der Waals surface area (Å²) in [5.41, 5.74) is 0. The molecule has 0 N–H and O–H groups in total.